The van der Waals surface area contributed by atoms with Crippen LogP contribution in [0.5, 0.6) is 0 Å². The maximum atomic E-state index is 14.1. The highest BCUT2D eigenvalue weighted by molar-refractivity contribution is 7.89. The molecule has 0 unspecified atom stereocenters. The van der Waals surface area contributed by atoms with Gasteiger partial charge in [-0.2, -0.15) is 4.31 Å². The van der Waals surface area contributed by atoms with E-state index in [1.807, 2.05) is 0 Å². The number of halogens is 4. The molecule has 192 valence electrons. The molecule has 0 bridgehead atoms. The van der Waals surface area contributed by atoms with Gasteiger partial charge in [-0.05, 0) is 31.4 Å². The lowest BCUT2D eigenvalue weighted by Gasteiger charge is -2.50. The number of ketones is 1. The number of hydrogen-bond donors (Lipinski definition) is 0. The van der Waals surface area contributed by atoms with Gasteiger partial charge < -0.3 is 4.57 Å². The third-order valence-corrected chi connectivity index (χ3v) is 9.58. The molecule has 7 nitrogen and oxygen atoms in total. The Kier molecular flexibility index (Phi) is 7.60. The smallest absolute Gasteiger partial charge is 0.262 e. The summed E-state index contributed by atoms with van der Waals surface area (Å²) < 4.78 is 57.0. The second-order valence-corrected chi connectivity index (χ2v) is 12.1. The van der Waals surface area contributed by atoms with Crippen molar-refractivity contribution < 1.29 is 22.0 Å². The zero-order valence-electron chi connectivity index (χ0n) is 19.4. The number of benzene rings is 1. The van der Waals surface area contributed by atoms with E-state index >= 15 is 0 Å². The number of piperazine rings is 1. The fourth-order valence-corrected chi connectivity index (χ4v) is 7.09. The second-order valence-electron chi connectivity index (χ2n) is 9.37. The molecule has 1 saturated heterocycles. The molecule has 2 heterocycles. The Balaban J connectivity index is 1.49. The fraction of sp³-hybridized carbons (Fsp3) is 0.565. The summed E-state index contributed by atoms with van der Waals surface area (Å²) in [4.78, 5) is 19.1. The Labute approximate surface area is 214 Å². The first kappa shape index (κ1) is 26.5. The number of alkyl halides is 2. The van der Waals surface area contributed by atoms with E-state index in [4.69, 9.17) is 23.2 Å². The van der Waals surface area contributed by atoms with E-state index in [1.54, 1.807) is 29.8 Å². The predicted octanol–water partition coefficient (Wildman–Crippen LogP) is 4.64. The van der Waals surface area contributed by atoms with Crippen LogP contribution in [0.3, 0.4) is 0 Å². The minimum atomic E-state index is -3.73. The summed E-state index contributed by atoms with van der Waals surface area (Å²) in [5.74, 6) is -2.96. The van der Waals surface area contributed by atoms with E-state index in [-0.39, 0.29) is 71.6 Å². The first-order valence-electron chi connectivity index (χ1n) is 11.5. The van der Waals surface area contributed by atoms with Crippen molar-refractivity contribution in [3.05, 3.63) is 46.3 Å². The quantitative estimate of drug-likeness (QED) is 0.471. The van der Waals surface area contributed by atoms with Crippen molar-refractivity contribution in [3.8, 4) is 0 Å². The molecular weight excluding hydrogens is 521 g/mol. The molecule has 1 aromatic carbocycles. The van der Waals surface area contributed by atoms with Gasteiger partial charge in [0.1, 0.15) is 0 Å². The van der Waals surface area contributed by atoms with Gasteiger partial charge in [-0.3, -0.25) is 9.69 Å². The Morgan fingerprint density at radius 2 is 1.66 bits per heavy atom. The molecule has 35 heavy (non-hydrogen) atoms. The third-order valence-electron chi connectivity index (χ3n) is 7.17. The Bertz CT molecular complexity index is 1170. The number of nitrogens with zero attached hydrogens (tertiary/aromatic N) is 4. The molecular formula is C23H28Cl2F2N4O3S. The van der Waals surface area contributed by atoms with Crippen molar-refractivity contribution in [1.29, 1.82) is 0 Å². The Morgan fingerprint density at radius 1 is 1.06 bits per heavy atom. The van der Waals surface area contributed by atoms with Gasteiger partial charge >= 0.3 is 0 Å². The molecule has 0 spiro atoms. The van der Waals surface area contributed by atoms with Crippen molar-refractivity contribution in [2.24, 2.45) is 7.05 Å². The molecule has 0 amide bonds. The van der Waals surface area contributed by atoms with Crippen molar-refractivity contribution in [3.63, 3.8) is 0 Å². The van der Waals surface area contributed by atoms with Crippen LogP contribution < -0.4 is 0 Å². The van der Waals surface area contributed by atoms with Crippen molar-refractivity contribution in [1.82, 2.24) is 18.8 Å². The third kappa shape index (κ3) is 5.56. The zero-order valence-corrected chi connectivity index (χ0v) is 21.7. The average Bonchev–Trinajstić information content (AvgIpc) is 3.26. The molecule has 1 aliphatic carbocycles. The first-order valence-corrected chi connectivity index (χ1v) is 13.7. The van der Waals surface area contributed by atoms with E-state index in [0.717, 1.165) is 0 Å². The highest BCUT2D eigenvalue weighted by Crippen LogP contribution is 2.45. The van der Waals surface area contributed by atoms with Crippen LogP contribution >= 0.6 is 23.2 Å². The van der Waals surface area contributed by atoms with E-state index in [1.165, 1.54) is 16.8 Å². The monoisotopic (exact) mass is 548 g/mol. The number of imidazole rings is 1. The van der Waals surface area contributed by atoms with Gasteiger partial charge in [-0.15, -0.1) is 0 Å². The molecule has 0 atom stereocenters. The van der Waals surface area contributed by atoms with Crippen molar-refractivity contribution in [2.45, 2.75) is 55.0 Å². The number of rotatable bonds is 7. The zero-order chi connectivity index (χ0) is 25.4. The highest BCUT2D eigenvalue weighted by Gasteiger charge is 2.47. The summed E-state index contributed by atoms with van der Waals surface area (Å²) in [7, 11) is -2.04. The number of carbonyl (C=O) groups is 1. The van der Waals surface area contributed by atoms with Crippen LogP contribution in [0.2, 0.25) is 10.0 Å². The minimum Gasteiger partial charge on any atom is -0.339 e. The second kappa shape index (κ2) is 10.0. The van der Waals surface area contributed by atoms with Gasteiger partial charge in [0.2, 0.25) is 5.92 Å². The fourth-order valence-electron chi connectivity index (χ4n) is 5.10. The molecule has 4 rings (SSSR count). The minimum absolute atomic E-state index is 0.0114. The van der Waals surface area contributed by atoms with Crippen molar-refractivity contribution in [2.75, 3.05) is 26.2 Å². The van der Waals surface area contributed by atoms with Crippen LogP contribution in [-0.2, 0) is 17.1 Å². The lowest BCUT2D eigenvalue weighted by molar-refractivity contribution is -0.0891. The van der Waals surface area contributed by atoms with Gasteiger partial charge in [0.05, 0.1) is 21.9 Å². The normalized spacial score (nSPS) is 21.2. The maximum Gasteiger partial charge on any atom is 0.262 e. The summed E-state index contributed by atoms with van der Waals surface area (Å²) >= 11 is 12.4. The van der Waals surface area contributed by atoms with E-state index in [9.17, 15) is 22.0 Å². The number of carbonyl (C=O) groups excluding carboxylic acids is 1. The topological polar surface area (TPSA) is 75.5 Å². The molecule has 1 saturated carbocycles. The Hall–Kier alpha value is -1.59. The van der Waals surface area contributed by atoms with Crippen LogP contribution in [0.15, 0.2) is 35.7 Å². The summed E-state index contributed by atoms with van der Waals surface area (Å²) in [5.41, 5.74) is -0.371. The van der Waals surface area contributed by atoms with Crippen LogP contribution in [0.1, 0.15) is 48.9 Å². The van der Waals surface area contributed by atoms with E-state index in [0.29, 0.717) is 19.5 Å². The van der Waals surface area contributed by atoms with Crippen LogP contribution in [0, 0.1) is 0 Å². The van der Waals surface area contributed by atoms with Crippen LogP contribution in [0.25, 0.3) is 0 Å². The SMILES string of the molecule is Cn1cnc(S(=O)(=O)N2CCN(C3(CCC(=O)c4c(Cl)cccc4Cl)CCC(F)(F)CC3)CC2)c1. The molecule has 2 aromatic rings. The maximum absolute atomic E-state index is 14.1. The summed E-state index contributed by atoms with van der Waals surface area (Å²) in [6, 6.07) is 4.85. The summed E-state index contributed by atoms with van der Waals surface area (Å²) in [6.45, 7) is 1.22. The first-order chi connectivity index (χ1) is 16.4. The van der Waals surface area contributed by atoms with Gasteiger partial charge in [0.15, 0.2) is 10.8 Å². The van der Waals surface area contributed by atoms with Gasteiger partial charge in [-0.1, -0.05) is 29.3 Å². The molecule has 0 N–H and O–H groups in total. The average molecular weight is 549 g/mol. The van der Waals surface area contributed by atoms with E-state index in [2.05, 4.69) is 9.88 Å². The van der Waals surface area contributed by atoms with Gasteiger partial charge in [-0.25, -0.2) is 22.2 Å². The highest BCUT2D eigenvalue weighted by atomic mass is 35.5. The molecule has 1 aliphatic heterocycles. The van der Waals surface area contributed by atoms with Crippen LogP contribution in [0.4, 0.5) is 8.78 Å². The Morgan fingerprint density at radius 3 is 2.20 bits per heavy atom. The predicted molar refractivity (Wildman–Crippen MR) is 130 cm³/mol. The van der Waals surface area contributed by atoms with Crippen LogP contribution in [-0.4, -0.2) is 70.6 Å². The lowest BCUT2D eigenvalue weighted by atomic mass is 9.74. The van der Waals surface area contributed by atoms with Crippen molar-refractivity contribution >= 4 is 39.0 Å². The number of Topliss-reactive ketones (excluding diaryl/α,β-unsaturated/α-hetero) is 1. The summed E-state index contributed by atoms with van der Waals surface area (Å²) in [5, 5.41) is 0.517. The number of aromatic nitrogens is 2. The molecule has 1 aromatic heterocycles. The molecule has 2 aliphatic rings. The number of aryl methyl sites for hydroxylation is 1. The molecule has 2 fully saturated rings. The largest absolute Gasteiger partial charge is 0.339 e. The van der Waals surface area contributed by atoms with E-state index < -0.39 is 21.5 Å². The standard InChI is InChI=1S/C23H28Cl2F2N4O3S/c1-29-15-20(28-16-29)35(33,34)31-13-11-30(12-14-31)22(7-9-23(26,27)10-8-22)6-5-19(32)21-17(24)3-2-4-18(21)25/h2-4,15-16H,5-14H2,1H3. The number of sulfonamides is 1. The lowest BCUT2D eigenvalue weighted by Crippen LogP contribution is -2.59. The molecule has 12 heteroatoms. The van der Waals surface area contributed by atoms with Gasteiger partial charge in [0, 0.05) is 64.2 Å². The van der Waals surface area contributed by atoms with Gasteiger partial charge in [0.25, 0.3) is 10.0 Å². The number of hydrogen-bond acceptors (Lipinski definition) is 5. The molecule has 0 radical (unpaired) electrons. The summed E-state index contributed by atoms with van der Waals surface area (Å²) in [6.07, 6.45) is 3.31.